The van der Waals surface area contributed by atoms with Gasteiger partial charge in [0.05, 0.1) is 13.2 Å². The summed E-state index contributed by atoms with van der Waals surface area (Å²) in [5.41, 5.74) is 2.82. The van der Waals surface area contributed by atoms with Gasteiger partial charge in [0.2, 0.25) is 0 Å². The van der Waals surface area contributed by atoms with Gasteiger partial charge in [-0.05, 0) is 44.9 Å². The average molecular weight is 378 g/mol. The Bertz CT molecular complexity index is 731. The lowest BCUT2D eigenvalue weighted by molar-refractivity contribution is 0.187. The van der Waals surface area contributed by atoms with Gasteiger partial charge in [0.1, 0.15) is 6.61 Å². The van der Waals surface area contributed by atoms with E-state index in [1.54, 1.807) is 6.07 Å². The molecule has 0 aliphatic rings. The molecule has 0 bridgehead atoms. The van der Waals surface area contributed by atoms with Crippen molar-refractivity contribution in [3.8, 4) is 11.5 Å². The Balaban J connectivity index is 2.16. The van der Waals surface area contributed by atoms with E-state index >= 15 is 0 Å². The molecule has 2 aromatic carbocycles. The van der Waals surface area contributed by atoms with E-state index in [0.29, 0.717) is 36.3 Å². The standard InChI is InChI=1S/C21H28ClNO3/c1-5-25-19-10-17(12-23-21(3,4)14-24)18(22)11-20(19)26-13-16-8-6-7-15(2)9-16/h6-11,23-24H,5,12-14H2,1-4H3. The predicted molar refractivity (Wildman–Crippen MR) is 106 cm³/mol. The van der Waals surface area contributed by atoms with Crippen LogP contribution in [0.2, 0.25) is 5.02 Å². The number of ether oxygens (including phenoxy) is 2. The number of aliphatic hydroxyl groups excluding tert-OH is 1. The molecule has 0 aromatic heterocycles. The van der Waals surface area contributed by atoms with Crippen LogP contribution in [-0.2, 0) is 13.2 Å². The molecule has 142 valence electrons. The summed E-state index contributed by atoms with van der Waals surface area (Å²) in [6.07, 6.45) is 0. The molecule has 0 saturated carbocycles. The third-order valence-corrected chi connectivity index (χ3v) is 4.39. The molecular weight excluding hydrogens is 350 g/mol. The molecule has 0 fully saturated rings. The van der Waals surface area contributed by atoms with E-state index in [2.05, 4.69) is 24.4 Å². The second kappa shape index (κ2) is 9.26. The molecule has 0 aliphatic heterocycles. The fourth-order valence-electron chi connectivity index (χ4n) is 2.45. The summed E-state index contributed by atoms with van der Waals surface area (Å²) in [7, 11) is 0. The third-order valence-electron chi connectivity index (χ3n) is 4.04. The first kappa shape index (κ1) is 20.6. The molecule has 0 unspecified atom stereocenters. The Morgan fingerprint density at radius 2 is 1.85 bits per heavy atom. The van der Waals surface area contributed by atoms with Gasteiger partial charge in [0, 0.05) is 23.2 Å². The number of hydrogen-bond donors (Lipinski definition) is 2. The second-order valence-electron chi connectivity index (χ2n) is 7.00. The number of nitrogens with one attached hydrogen (secondary N) is 1. The molecule has 0 saturated heterocycles. The third kappa shape index (κ3) is 5.90. The fraction of sp³-hybridized carbons (Fsp3) is 0.429. The van der Waals surface area contributed by atoms with Crippen LogP contribution in [0.15, 0.2) is 36.4 Å². The summed E-state index contributed by atoms with van der Waals surface area (Å²) in [4.78, 5) is 0. The van der Waals surface area contributed by atoms with E-state index in [-0.39, 0.29) is 12.1 Å². The van der Waals surface area contributed by atoms with Gasteiger partial charge in [0.15, 0.2) is 11.5 Å². The van der Waals surface area contributed by atoms with Crippen molar-refractivity contribution in [1.29, 1.82) is 0 Å². The van der Waals surface area contributed by atoms with Crippen molar-refractivity contribution >= 4 is 11.6 Å². The Hall–Kier alpha value is -1.75. The molecule has 0 radical (unpaired) electrons. The first-order chi connectivity index (χ1) is 12.3. The number of aliphatic hydroxyl groups is 1. The van der Waals surface area contributed by atoms with E-state index in [9.17, 15) is 5.11 Å². The molecule has 0 spiro atoms. The molecule has 0 aliphatic carbocycles. The molecule has 4 nitrogen and oxygen atoms in total. The first-order valence-electron chi connectivity index (χ1n) is 8.84. The highest BCUT2D eigenvalue weighted by Gasteiger charge is 2.17. The monoisotopic (exact) mass is 377 g/mol. The Labute approximate surface area is 161 Å². The van der Waals surface area contributed by atoms with Gasteiger partial charge in [0.25, 0.3) is 0 Å². The van der Waals surface area contributed by atoms with Crippen molar-refractivity contribution in [2.24, 2.45) is 0 Å². The van der Waals surface area contributed by atoms with Crippen LogP contribution in [0.3, 0.4) is 0 Å². The summed E-state index contributed by atoms with van der Waals surface area (Å²) in [5.74, 6) is 1.30. The smallest absolute Gasteiger partial charge is 0.163 e. The lowest BCUT2D eigenvalue weighted by Crippen LogP contribution is -2.42. The molecule has 2 aromatic rings. The number of benzene rings is 2. The van der Waals surface area contributed by atoms with E-state index in [4.69, 9.17) is 21.1 Å². The summed E-state index contributed by atoms with van der Waals surface area (Å²) in [5, 5.41) is 13.3. The van der Waals surface area contributed by atoms with E-state index < -0.39 is 0 Å². The molecular formula is C21H28ClNO3. The van der Waals surface area contributed by atoms with E-state index in [1.165, 1.54) is 5.56 Å². The van der Waals surface area contributed by atoms with Crippen LogP contribution < -0.4 is 14.8 Å². The van der Waals surface area contributed by atoms with E-state index in [1.807, 2.05) is 39.0 Å². The lowest BCUT2D eigenvalue weighted by atomic mass is 10.1. The Morgan fingerprint density at radius 3 is 2.50 bits per heavy atom. The van der Waals surface area contributed by atoms with Crippen molar-refractivity contribution in [1.82, 2.24) is 5.32 Å². The van der Waals surface area contributed by atoms with Crippen LogP contribution in [0, 0.1) is 6.92 Å². The molecule has 2 N–H and O–H groups in total. The van der Waals surface area contributed by atoms with Crippen molar-refractivity contribution in [3.05, 3.63) is 58.1 Å². The summed E-state index contributed by atoms with van der Waals surface area (Å²) in [6, 6.07) is 11.9. The Kier molecular flexibility index (Phi) is 7.33. The van der Waals surface area contributed by atoms with Crippen molar-refractivity contribution in [2.45, 2.75) is 46.4 Å². The summed E-state index contributed by atoms with van der Waals surface area (Å²) < 4.78 is 11.7. The van der Waals surface area contributed by atoms with Crippen molar-refractivity contribution in [3.63, 3.8) is 0 Å². The largest absolute Gasteiger partial charge is 0.490 e. The van der Waals surface area contributed by atoms with Crippen molar-refractivity contribution in [2.75, 3.05) is 13.2 Å². The molecule has 2 rings (SSSR count). The van der Waals surface area contributed by atoms with Gasteiger partial charge < -0.3 is 19.9 Å². The number of hydrogen-bond acceptors (Lipinski definition) is 4. The lowest BCUT2D eigenvalue weighted by Gasteiger charge is -2.24. The zero-order valence-electron chi connectivity index (χ0n) is 15.9. The zero-order chi connectivity index (χ0) is 19.2. The SMILES string of the molecule is CCOc1cc(CNC(C)(C)CO)c(Cl)cc1OCc1cccc(C)c1. The topological polar surface area (TPSA) is 50.7 Å². The van der Waals surface area contributed by atoms with Crippen molar-refractivity contribution < 1.29 is 14.6 Å². The molecule has 0 atom stereocenters. The van der Waals surface area contributed by atoms with Crippen LogP contribution in [0.25, 0.3) is 0 Å². The average Bonchev–Trinajstić information content (AvgIpc) is 2.61. The van der Waals surface area contributed by atoms with E-state index in [0.717, 1.165) is 11.1 Å². The predicted octanol–water partition coefficient (Wildman–Crippen LogP) is 4.49. The van der Waals surface area contributed by atoms with Gasteiger partial charge in [-0.2, -0.15) is 0 Å². The van der Waals surface area contributed by atoms with Gasteiger partial charge in [-0.3, -0.25) is 0 Å². The molecule has 0 amide bonds. The maximum absolute atomic E-state index is 9.38. The highest BCUT2D eigenvalue weighted by molar-refractivity contribution is 6.31. The maximum atomic E-state index is 9.38. The normalized spacial score (nSPS) is 11.5. The van der Waals surface area contributed by atoms with Crippen LogP contribution in [-0.4, -0.2) is 23.9 Å². The Morgan fingerprint density at radius 1 is 1.12 bits per heavy atom. The maximum Gasteiger partial charge on any atom is 0.163 e. The second-order valence-corrected chi connectivity index (χ2v) is 7.40. The zero-order valence-corrected chi connectivity index (χ0v) is 16.7. The van der Waals surface area contributed by atoms with Crippen LogP contribution in [0.5, 0.6) is 11.5 Å². The number of rotatable bonds is 9. The summed E-state index contributed by atoms with van der Waals surface area (Å²) >= 11 is 6.44. The first-order valence-corrected chi connectivity index (χ1v) is 9.22. The highest BCUT2D eigenvalue weighted by Crippen LogP contribution is 2.34. The number of aryl methyl sites for hydroxylation is 1. The quantitative estimate of drug-likeness (QED) is 0.676. The fourth-order valence-corrected chi connectivity index (χ4v) is 2.67. The minimum atomic E-state index is -0.380. The van der Waals surface area contributed by atoms with Gasteiger partial charge in [-0.25, -0.2) is 0 Å². The molecule has 0 heterocycles. The highest BCUT2D eigenvalue weighted by atomic mass is 35.5. The summed E-state index contributed by atoms with van der Waals surface area (Å²) in [6.45, 7) is 9.43. The van der Waals surface area contributed by atoms with Gasteiger partial charge in [-0.15, -0.1) is 0 Å². The molecule has 26 heavy (non-hydrogen) atoms. The van der Waals surface area contributed by atoms with Crippen LogP contribution in [0.4, 0.5) is 0 Å². The van der Waals surface area contributed by atoms with Gasteiger partial charge >= 0.3 is 0 Å². The minimum absolute atomic E-state index is 0.0423. The minimum Gasteiger partial charge on any atom is -0.490 e. The molecule has 5 heteroatoms. The number of halogens is 1. The van der Waals surface area contributed by atoms with Crippen LogP contribution in [0.1, 0.15) is 37.5 Å². The van der Waals surface area contributed by atoms with Gasteiger partial charge in [-0.1, -0.05) is 41.4 Å². The van der Waals surface area contributed by atoms with Crippen LogP contribution >= 0.6 is 11.6 Å².